The van der Waals surface area contributed by atoms with Crippen molar-refractivity contribution in [2.75, 3.05) is 38.5 Å². The number of halogens is 1. The second-order valence-electron chi connectivity index (χ2n) is 7.64. The van der Waals surface area contributed by atoms with E-state index in [0.717, 1.165) is 53.2 Å². The Morgan fingerprint density at radius 2 is 1.80 bits per heavy atom. The maximum absolute atomic E-state index is 12.7. The van der Waals surface area contributed by atoms with Gasteiger partial charge in [-0.25, -0.2) is 0 Å². The number of likely N-dealkylation sites (N-methyl/N-ethyl adjacent to an activating group) is 1. The molecule has 0 atom stereocenters. The lowest BCUT2D eigenvalue weighted by atomic mass is 10.1. The first-order chi connectivity index (χ1) is 14.6. The topological polar surface area (TPSA) is 48.5 Å². The summed E-state index contributed by atoms with van der Waals surface area (Å²) in [5, 5.41) is 3.02. The van der Waals surface area contributed by atoms with Crippen molar-refractivity contribution in [3.05, 3.63) is 81.6 Å². The predicted molar refractivity (Wildman–Crippen MR) is 130 cm³/mol. The van der Waals surface area contributed by atoms with Gasteiger partial charge in [0.15, 0.2) is 0 Å². The lowest BCUT2D eigenvalue weighted by Crippen LogP contribution is -2.43. The van der Waals surface area contributed by atoms with E-state index < -0.39 is 0 Å². The van der Waals surface area contributed by atoms with Gasteiger partial charge in [-0.2, -0.15) is 0 Å². The summed E-state index contributed by atoms with van der Waals surface area (Å²) in [5.74, 6) is -0.102. The van der Waals surface area contributed by atoms with E-state index in [-0.39, 0.29) is 5.91 Å². The Labute approximate surface area is 191 Å². The summed E-state index contributed by atoms with van der Waals surface area (Å²) >= 11 is 2.29. The minimum absolute atomic E-state index is 0.102. The number of carbonyl (C=O) groups is 1. The fourth-order valence-electron chi connectivity index (χ4n) is 3.55. The molecule has 3 aromatic rings. The van der Waals surface area contributed by atoms with E-state index in [9.17, 15) is 4.79 Å². The summed E-state index contributed by atoms with van der Waals surface area (Å²) in [7, 11) is 2.16. The Balaban J connectivity index is 1.41. The summed E-state index contributed by atoms with van der Waals surface area (Å²) in [4.78, 5) is 22.0. The van der Waals surface area contributed by atoms with Crippen LogP contribution in [0.4, 0.5) is 5.69 Å². The average Bonchev–Trinajstić information content (AvgIpc) is 2.78. The molecule has 1 aliphatic heterocycles. The standard InChI is InChI=1S/C24H25IN4O/c1-28-12-14-29(15-13-28)17-18-5-7-19(8-6-18)24(30)27-20-9-10-22(25)21(16-20)23-4-2-3-11-26-23/h2-11,16H,12-15,17H2,1H3,(H,27,30). The Morgan fingerprint density at radius 1 is 1.03 bits per heavy atom. The van der Waals surface area contributed by atoms with Crippen LogP contribution >= 0.6 is 22.6 Å². The van der Waals surface area contributed by atoms with Gasteiger partial charge >= 0.3 is 0 Å². The molecule has 0 saturated carbocycles. The summed E-state index contributed by atoms with van der Waals surface area (Å²) in [6.45, 7) is 5.32. The maximum atomic E-state index is 12.7. The molecule has 0 radical (unpaired) electrons. The number of nitrogens with one attached hydrogen (secondary N) is 1. The number of hydrogen-bond donors (Lipinski definition) is 1. The molecule has 0 spiro atoms. The highest BCUT2D eigenvalue weighted by Gasteiger charge is 2.14. The van der Waals surface area contributed by atoms with Crippen molar-refractivity contribution in [2.45, 2.75) is 6.54 Å². The molecule has 1 amide bonds. The predicted octanol–water partition coefficient (Wildman–Crippen LogP) is 4.35. The molecular formula is C24H25IN4O. The Hall–Kier alpha value is -2.29. The molecule has 154 valence electrons. The van der Waals surface area contributed by atoms with Crippen LogP contribution in [0.25, 0.3) is 11.3 Å². The van der Waals surface area contributed by atoms with Crippen LogP contribution in [0, 0.1) is 3.57 Å². The Morgan fingerprint density at radius 3 is 2.50 bits per heavy atom. The van der Waals surface area contributed by atoms with Crippen LogP contribution in [0.2, 0.25) is 0 Å². The van der Waals surface area contributed by atoms with Gasteiger partial charge in [0.1, 0.15) is 0 Å². The molecule has 1 aromatic heterocycles. The fourth-order valence-corrected chi connectivity index (χ4v) is 4.16. The fraction of sp³-hybridized carbons (Fsp3) is 0.250. The first-order valence-electron chi connectivity index (χ1n) is 10.1. The summed E-state index contributed by atoms with van der Waals surface area (Å²) in [6, 6.07) is 19.7. The lowest BCUT2D eigenvalue weighted by Gasteiger charge is -2.32. The van der Waals surface area contributed by atoms with Crippen LogP contribution in [0.3, 0.4) is 0 Å². The second-order valence-corrected chi connectivity index (χ2v) is 8.80. The number of nitrogens with zero attached hydrogens (tertiary/aromatic N) is 3. The van der Waals surface area contributed by atoms with Gasteiger partial charge in [0.05, 0.1) is 5.69 Å². The number of benzene rings is 2. The molecule has 0 aliphatic carbocycles. The summed E-state index contributed by atoms with van der Waals surface area (Å²) < 4.78 is 1.09. The van der Waals surface area contributed by atoms with Crippen molar-refractivity contribution in [3.63, 3.8) is 0 Å². The monoisotopic (exact) mass is 512 g/mol. The number of carbonyl (C=O) groups excluding carboxylic acids is 1. The zero-order valence-electron chi connectivity index (χ0n) is 17.0. The third-order valence-electron chi connectivity index (χ3n) is 5.38. The van der Waals surface area contributed by atoms with Crippen LogP contribution in [-0.4, -0.2) is 53.9 Å². The van der Waals surface area contributed by atoms with Crippen LogP contribution in [0.1, 0.15) is 15.9 Å². The van der Waals surface area contributed by atoms with Gasteiger partial charge in [0.25, 0.3) is 5.91 Å². The molecule has 2 aromatic carbocycles. The number of amides is 1. The van der Waals surface area contributed by atoms with Crippen molar-refractivity contribution in [1.82, 2.24) is 14.8 Å². The zero-order chi connectivity index (χ0) is 20.9. The first kappa shape index (κ1) is 21.0. The highest BCUT2D eigenvalue weighted by atomic mass is 127. The van der Waals surface area contributed by atoms with E-state index in [1.807, 2.05) is 48.5 Å². The quantitative estimate of drug-likeness (QED) is 0.517. The van der Waals surface area contributed by atoms with Crippen molar-refractivity contribution in [1.29, 1.82) is 0 Å². The molecule has 1 aliphatic rings. The molecule has 5 nitrogen and oxygen atoms in total. The Bertz CT molecular complexity index is 999. The molecular weight excluding hydrogens is 487 g/mol. The molecule has 0 unspecified atom stereocenters. The first-order valence-corrected chi connectivity index (χ1v) is 11.2. The zero-order valence-corrected chi connectivity index (χ0v) is 19.2. The molecule has 1 fully saturated rings. The molecule has 6 heteroatoms. The number of piperazine rings is 1. The van der Waals surface area contributed by atoms with Gasteiger partial charge in [-0.15, -0.1) is 0 Å². The smallest absolute Gasteiger partial charge is 0.255 e. The molecule has 30 heavy (non-hydrogen) atoms. The average molecular weight is 512 g/mol. The van der Waals surface area contributed by atoms with E-state index >= 15 is 0 Å². The summed E-state index contributed by atoms with van der Waals surface area (Å²) in [6.07, 6.45) is 1.78. The largest absolute Gasteiger partial charge is 0.322 e. The van der Waals surface area contributed by atoms with E-state index in [4.69, 9.17) is 0 Å². The number of aromatic nitrogens is 1. The van der Waals surface area contributed by atoms with Crippen LogP contribution in [-0.2, 0) is 6.54 Å². The Kier molecular flexibility index (Phi) is 6.76. The minimum Gasteiger partial charge on any atom is -0.322 e. The highest BCUT2D eigenvalue weighted by molar-refractivity contribution is 14.1. The van der Waals surface area contributed by atoms with E-state index in [1.165, 1.54) is 5.56 Å². The van der Waals surface area contributed by atoms with Gasteiger partial charge in [-0.1, -0.05) is 18.2 Å². The van der Waals surface area contributed by atoms with Crippen molar-refractivity contribution >= 4 is 34.2 Å². The van der Waals surface area contributed by atoms with E-state index in [1.54, 1.807) is 6.20 Å². The van der Waals surface area contributed by atoms with Gasteiger partial charge in [-0.05, 0) is 77.7 Å². The third-order valence-corrected chi connectivity index (χ3v) is 6.32. The summed E-state index contributed by atoms with van der Waals surface area (Å²) in [5.41, 5.74) is 4.57. The normalized spacial score (nSPS) is 15.1. The van der Waals surface area contributed by atoms with Crippen molar-refractivity contribution < 1.29 is 4.79 Å². The molecule has 1 saturated heterocycles. The third kappa shape index (κ3) is 5.24. The number of pyridine rings is 1. The number of rotatable bonds is 5. The number of anilines is 1. The van der Waals surface area contributed by atoms with Gasteiger partial charge in [0.2, 0.25) is 0 Å². The minimum atomic E-state index is -0.102. The highest BCUT2D eigenvalue weighted by Crippen LogP contribution is 2.27. The lowest BCUT2D eigenvalue weighted by molar-refractivity contribution is 0.102. The second kappa shape index (κ2) is 9.68. The van der Waals surface area contributed by atoms with Gasteiger partial charge in [-0.3, -0.25) is 14.7 Å². The molecule has 4 rings (SSSR count). The molecule has 1 N–H and O–H groups in total. The van der Waals surface area contributed by atoms with Crippen LogP contribution in [0.5, 0.6) is 0 Å². The maximum Gasteiger partial charge on any atom is 0.255 e. The van der Waals surface area contributed by atoms with Gasteiger partial charge in [0, 0.05) is 59.3 Å². The van der Waals surface area contributed by atoms with E-state index in [2.05, 4.69) is 61.9 Å². The van der Waals surface area contributed by atoms with Crippen molar-refractivity contribution in [3.8, 4) is 11.3 Å². The van der Waals surface area contributed by atoms with Crippen LogP contribution in [0.15, 0.2) is 66.9 Å². The van der Waals surface area contributed by atoms with Gasteiger partial charge < -0.3 is 10.2 Å². The molecule has 0 bridgehead atoms. The molecule has 2 heterocycles. The SMILES string of the molecule is CN1CCN(Cc2ccc(C(=O)Nc3ccc(I)c(-c4ccccn4)c3)cc2)CC1. The van der Waals surface area contributed by atoms with E-state index in [0.29, 0.717) is 5.56 Å². The number of hydrogen-bond acceptors (Lipinski definition) is 4. The van der Waals surface area contributed by atoms with Crippen LogP contribution < -0.4 is 5.32 Å². The van der Waals surface area contributed by atoms with Crippen molar-refractivity contribution in [2.24, 2.45) is 0 Å².